The molecule has 1 amide bonds. The van der Waals surface area contributed by atoms with E-state index in [2.05, 4.69) is 9.88 Å². The highest BCUT2D eigenvalue weighted by atomic mass is 19.1. The molecule has 0 fully saturated rings. The first-order chi connectivity index (χ1) is 9.58. The number of halogens is 1. The summed E-state index contributed by atoms with van der Waals surface area (Å²) in [6, 6.07) is 10.5. The van der Waals surface area contributed by atoms with Crippen LogP contribution in [0.5, 0.6) is 0 Å². The van der Waals surface area contributed by atoms with Crippen LogP contribution in [0.15, 0.2) is 36.4 Å². The van der Waals surface area contributed by atoms with Crippen LogP contribution in [0.3, 0.4) is 0 Å². The molecule has 0 bridgehead atoms. The third-order valence-electron chi connectivity index (χ3n) is 3.41. The summed E-state index contributed by atoms with van der Waals surface area (Å²) in [5.74, 6) is -0.356. The van der Waals surface area contributed by atoms with Crippen LogP contribution in [0.25, 0.3) is 0 Å². The normalized spacial score (nSPS) is 10.6. The second kappa shape index (κ2) is 6.37. The third-order valence-corrected chi connectivity index (χ3v) is 3.41. The fourth-order valence-corrected chi connectivity index (χ4v) is 2.19. The van der Waals surface area contributed by atoms with E-state index in [1.165, 1.54) is 6.07 Å². The van der Waals surface area contributed by atoms with Crippen LogP contribution in [0.1, 0.15) is 23.4 Å². The highest BCUT2D eigenvalue weighted by molar-refractivity contribution is 5.75. The van der Waals surface area contributed by atoms with Crippen molar-refractivity contribution in [2.24, 2.45) is 0 Å². The van der Waals surface area contributed by atoms with Crippen molar-refractivity contribution < 1.29 is 9.18 Å². The lowest BCUT2D eigenvalue weighted by molar-refractivity contribution is -0.121. The van der Waals surface area contributed by atoms with Gasteiger partial charge >= 0.3 is 0 Å². The number of amides is 1. The molecule has 0 unspecified atom stereocenters. The van der Waals surface area contributed by atoms with Gasteiger partial charge in [0.25, 0.3) is 0 Å². The Balaban J connectivity index is 1.83. The summed E-state index contributed by atoms with van der Waals surface area (Å²) in [7, 11) is 0. The second-order valence-electron chi connectivity index (χ2n) is 4.89. The molecule has 0 saturated heterocycles. The monoisotopic (exact) mass is 274 g/mol. The molecule has 1 aromatic heterocycles. The van der Waals surface area contributed by atoms with Gasteiger partial charge in [0.05, 0.1) is 0 Å². The number of rotatable bonds is 5. The molecule has 1 N–H and O–H groups in total. The quantitative estimate of drug-likeness (QED) is 0.893. The summed E-state index contributed by atoms with van der Waals surface area (Å²) in [4.78, 5) is 11.8. The fourth-order valence-electron chi connectivity index (χ4n) is 2.19. The molecule has 1 aromatic carbocycles. The minimum absolute atomic E-state index is 0.0687. The minimum Gasteiger partial charge on any atom is -0.352 e. The molecule has 1 heterocycles. The maximum Gasteiger partial charge on any atom is 0.222 e. The molecule has 4 heteroatoms. The molecule has 0 atom stereocenters. The Bertz CT molecular complexity index is 585. The average molecular weight is 274 g/mol. The van der Waals surface area contributed by atoms with E-state index in [1.807, 2.05) is 26.0 Å². The van der Waals surface area contributed by atoms with Gasteiger partial charge in [0.2, 0.25) is 5.91 Å². The van der Waals surface area contributed by atoms with E-state index in [4.69, 9.17) is 0 Å². The Morgan fingerprint density at radius 1 is 1.15 bits per heavy atom. The van der Waals surface area contributed by atoms with E-state index >= 15 is 0 Å². The lowest BCUT2D eigenvalue weighted by Gasteiger charge is -2.10. The number of hydrogen-bond donors (Lipinski definition) is 1. The van der Waals surface area contributed by atoms with Crippen molar-refractivity contribution in [3.05, 3.63) is 59.2 Å². The van der Waals surface area contributed by atoms with E-state index in [0.29, 0.717) is 18.5 Å². The Hall–Kier alpha value is -2.10. The maximum absolute atomic E-state index is 13.4. The molecule has 0 spiro atoms. The molecule has 2 rings (SSSR count). The van der Waals surface area contributed by atoms with Crippen LogP contribution in [-0.4, -0.2) is 10.5 Å². The van der Waals surface area contributed by atoms with E-state index in [0.717, 1.165) is 11.4 Å². The fraction of sp³-hybridized carbons (Fsp3) is 0.312. The summed E-state index contributed by atoms with van der Waals surface area (Å²) in [5.41, 5.74) is 2.79. The molecule has 0 radical (unpaired) electrons. The largest absolute Gasteiger partial charge is 0.352 e. The molecule has 0 saturated carbocycles. The van der Waals surface area contributed by atoms with Crippen molar-refractivity contribution in [3.8, 4) is 0 Å². The highest BCUT2D eigenvalue weighted by Gasteiger charge is 2.06. The number of nitrogens with zero attached hydrogens (tertiary/aromatic N) is 1. The number of carbonyl (C=O) groups is 1. The predicted molar refractivity (Wildman–Crippen MR) is 76.8 cm³/mol. The smallest absolute Gasteiger partial charge is 0.222 e. The zero-order valence-corrected chi connectivity index (χ0v) is 11.8. The van der Waals surface area contributed by atoms with Crippen LogP contribution in [0.2, 0.25) is 0 Å². The van der Waals surface area contributed by atoms with E-state index in [9.17, 15) is 9.18 Å². The summed E-state index contributed by atoms with van der Waals surface area (Å²) in [6.45, 7) is 4.91. The molecular weight excluding hydrogens is 255 g/mol. The van der Waals surface area contributed by atoms with Crippen LogP contribution >= 0.6 is 0 Å². The summed E-state index contributed by atoms with van der Waals surface area (Å²) in [5, 5.41) is 2.75. The molecule has 0 aliphatic rings. The van der Waals surface area contributed by atoms with Crippen molar-refractivity contribution in [3.63, 3.8) is 0 Å². The first-order valence-electron chi connectivity index (χ1n) is 6.71. The Morgan fingerprint density at radius 3 is 2.45 bits per heavy atom. The number of aryl methyl sites for hydroxylation is 2. The van der Waals surface area contributed by atoms with Gasteiger partial charge in [0.1, 0.15) is 5.82 Å². The van der Waals surface area contributed by atoms with E-state index < -0.39 is 0 Å². The van der Waals surface area contributed by atoms with Crippen LogP contribution in [0.4, 0.5) is 4.39 Å². The van der Waals surface area contributed by atoms with Gasteiger partial charge in [-0.15, -0.1) is 0 Å². The lowest BCUT2D eigenvalue weighted by Crippen LogP contribution is -2.24. The first kappa shape index (κ1) is 14.3. The maximum atomic E-state index is 13.4. The van der Waals surface area contributed by atoms with Gasteiger partial charge < -0.3 is 9.88 Å². The molecule has 2 aromatic rings. The molecular formula is C16H19FN2O. The molecule has 20 heavy (non-hydrogen) atoms. The van der Waals surface area contributed by atoms with Gasteiger partial charge in [-0.3, -0.25) is 4.79 Å². The van der Waals surface area contributed by atoms with Crippen LogP contribution < -0.4 is 5.32 Å². The zero-order valence-electron chi connectivity index (χ0n) is 11.8. The summed E-state index contributed by atoms with van der Waals surface area (Å²) < 4.78 is 15.5. The van der Waals surface area contributed by atoms with Gasteiger partial charge in [0.15, 0.2) is 0 Å². The van der Waals surface area contributed by atoms with E-state index in [-0.39, 0.29) is 18.3 Å². The van der Waals surface area contributed by atoms with E-state index in [1.54, 1.807) is 18.2 Å². The third kappa shape index (κ3) is 3.47. The zero-order chi connectivity index (χ0) is 14.5. The summed E-state index contributed by atoms with van der Waals surface area (Å²) >= 11 is 0. The van der Waals surface area contributed by atoms with Crippen molar-refractivity contribution >= 4 is 5.91 Å². The van der Waals surface area contributed by atoms with Crippen molar-refractivity contribution in [2.45, 2.75) is 33.4 Å². The molecule has 3 nitrogen and oxygen atoms in total. The van der Waals surface area contributed by atoms with Crippen LogP contribution in [-0.2, 0) is 17.9 Å². The Kier molecular flexibility index (Phi) is 4.56. The van der Waals surface area contributed by atoms with Crippen molar-refractivity contribution in [1.82, 2.24) is 9.88 Å². The Labute approximate surface area is 118 Å². The number of carbonyl (C=O) groups excluding carboxylic acids is 1. The first-order valence-corrected chi connectivity index (χ1v) is 6.71. The topological polar surface area (TPSA) is 34.0 Å². The highest BCUT2D eigenvalue weighted by Crippen LogP contribution is 2.08. The number of nitrogens with one attached hydrogen (secondary N) is 1. The van der Waals surface area contributed by atoms with Gasteiger partial charge in [0, 0.05) is 36.5 Å². The number of benzene rings is 1. The predicted octanol–water partition coefficient (Wildman–Crippen LogP) is 2.95. The molecule has 0 aliphatic heterocycles. The van der Waals surface area contributed by atoms with Crippen molar-refractivity contribution in [1.29, 1.82) is 0 Å². The second-order valence-corrected chi connectivity index (χ2v) is 4.89. The summed E-state index contributed by atoms with van der Waals surface area (Å²) in [6.07, 6.45) is 0.394. The standard InChI is InChI=1S/C16H19FN2O/c1-12-7-8-13(2)19(12)10-9-16(20)18-11-14-5-3-4-6-15(14)17/h3-8H,9-11H2,1-2H3,(H,18,20). The van der Waals surface area contributed by atoms with Crippen molar-refractivity contribution in [2.75, 3.05) is 0 Å². The van der Waals surface area contributed by atoms with Gasteiger partial charge in [-0.1, -0.05) is 18.2 Å². The lowest BCUT2D eigenvalue weighted by atomic mass is 10.2. The van der Waals surface area contributed by atoms with Gasteiger partial charge in [-0.2, -0.15) is 0 Å². The van der Waals surface area contributed by atoms with Gasteiger partial charge in [-0.05, 0) is 32.0 Å². The minimum atomic E-state index is -0.287. The molecule has 106 valence electrons. The number of hydrogen-bond acceptors (Lipinski definition) is 1. The molecule has 0 aliphatic carbocycles. The Morgan fingerprint density at radius 2 is 1.80 bits per heavy atom. The van der Waals surface area contributed by atoms with Crippen LogP contribution in [0, 0.1) is 19.7 Å². The SMILES string of the molecule is Cc1ccc(C)n1CCC(=O)NCc1ccccc1F. The number of aromatic nitrogens is 1. The average Bonchev–Trinajstić information content (AvgIpc) is 2.75. The van der Waals surface area contributed by atoms with Gasteiger partial charge in [-0.25, -0.2) is 4.39 Å².